The number of aromatic nitrogens is 1. The van der Waals surface area contributed by atoms with Crippen molar-refractivity contribution in [2.75, 3.05) is 24.5 Å². The molecule has 0 spiro atoms. The van der Waals surface area contributed by atoms with E-state index in [-0.39, 0.29) is 0 Å². The Labute approximate surface area is 94.6 Å². The van der Waals surface area contributed by atoms with Crippen LogP contribution < -0.4 is 16.0 Å². The Morgan fingerprint density at radius 2 is 2.50 bits per heavy atom. The largest absolute Gasteiger partial charge is 0.365 e. The molecule has 1 aliphatic heterocycles. The van der Waals surface area contributed by atoms with Gasteiger partial charge in [-0.15, -0.1) is 0 Å². The molecule has 86 valence electrons. The Morgan fingerprint density at radius 3 is 3.19 bits per heavy atom. The van der Waals surface area contributed by atoms with Gasteiger partial charge in [0.2, 0.25) is 0 Å². The smallest absolute Gasteiger partial charge is 0.252 e. The second kappa shape index (κ2) is 4.49. The second-order valence-electron chi connectivity index (χ2n) is 4.04. The van der Waals surface area contributed by atoms with Crippen LogP contribution in [0.3, 0.4) is 0 Å². The third-order valence-electron chi connectivity index (χ3n) is 2.72. The van der Waals surface area contributed by atoms with Gasteiger partial charge in [0.1, 0.15) is 5.82 Å². The lowest BCUT2D eigenvalue weighted by atomic mass is 10.2. The van der Waals surface area contributed by atoms with Gasteiger partial charge >= 0.3 is 0 Å². The second-order valence-corrected chi connectivity index (χ2v) is 4.04. The quantitative estimate of drug-likeness (QED) is 0.734. The molecular formula is C11H16N4O. The fourth-order valence-electron chi connectivity index (χ4n) is 1.97. The highest BCUT2D eigenvalue weighted by Crippen LogP contribution is 2.17. The average molecular weight is 220 g/mol. The van der Waals surface area contributed by atoms with Gasteiger partial charge in [-0.3, -0.25) is 4.79 Å². The number of primary amides is 1. The molecule has 1 saturated heterocycles. The van der Waals surface area contributed by atoms with Crippen LogP contribution in [0.1, 0.15) is 17.3 Å². The Morgan fingerprint density at radius 1 is 1.69 bits per heavy atom. The van der Waals surface area contributed by atoms with Crippen molar-refractivity contribution in [3.8, 4) is 0 Å². The maximum atomic E-state index is 11.3. The van der Waals surface area contributed by atoms with E-state index in [2.05, 4.69) is 22.1 Å². The Hall–Kier alpha value is -1.62. The van der Waals surface area contributed by atoms with E-state index in [1.807, 2.05) is 0 Å². The highest BCUT2D eigenvalue weighted by Gasteiger charge is 2.20. The number of carbonyl (C=O) groups excluding carboxylic acids is 1. The molecule has 0 aliphatic carbocycles. The fraction of sp³-hybridized carbons (Fsp3) is 0.455. The number of nitrogens with zero attached hydrogens (tertiary/aromatic N) is 2. The van der Waals surface area contributed by atoms with Gasteiger partial charge in [0.05, 0.1) is 5.56 Å². The van der Waals surface area contributed by atoms with Crippen molar-refractivity contribution in [3.05, 3.63) is 23.9 Å². The van der Waals surface area contributed by atoms with E-state index in [9.17, 15) is 4.79 Å². The molecule has 1 amide bonds. The molecule has 1 aromatic heterocycles. The first-order valence-corrected chi connectivity index (χ1v) is 5.41. The van der Waals surface area contributed by atoms with Crippen LogP contribution in [0, 0.1) is 0 Å². The summed E-state index contributed by atoms with van der Waals surface area (Å²) in [5.74, 6) is 0.276. The molecule has 0 saturated carbocycles. The van der Waals surface area contributed by atoms with Gasteiger partial charge in [-0.05, 0) is 19.1 Å². The van der Waals surface area contributed by atoms with Gasteiger partial charge in [0, 0.05) is 31.9 Å². The van der Waals surface area contributed by atoms with Crippen molar-refractivity contribution in [1.29, 1.82) is 0 Å². The Kier molecular flexibility index (Phi) is 3.05. The van der Waals surface area contributed by atoms with Gasteiger partial charge in [-0.2, -0.15) is 0 Å². The molecular weight excluding hydrogens is 204 g/mol. The molecule has 0 bridgehead atoms. The predicted octanol–water partition coefficient (Wildman–Crippen LogP) is -0.0214. The molecule has 0 aromatic carbocycles. The molecule has 1 atom stereocenters. The summed E-state index contributed by atoms with van der Waals surface area (Å²) in [4.78, 5) is 17.6. The van der Waals surface area contributed by atoms with Crippen LogP contribution in [0.15, 0.2) is 18.3 Å². The van der Waals surface area contributed by atoms with Crippen LogP contribution in [0.5, 0.6) is 0 Å². The molecule has 2 heterocycles. The first kappa shape index (κ1) is 10.9. The van der Waals surface area contributed by atoms with Gasteiger partial charge < -0.3 is 16.0 Å². The zero-order valence-electron chi connectivity index (χ0n) is 9.31. The number of hydrogen-bond donors (Lipinski definition) is 2. The van der Waals surface area contributed by atoms with Crippen molar-refractivity contribution in [2.24, 2.45) is 5.73 Å². The molecule has 5 nitrogen and oxygen atoms in total. The van der Waals surface area contributed by atoms with Gasteiger partial charge in [0.15, 0.2) is 0 Å². The lowest BCUT2D eigenvalue weighted by Crippen LogP contribution is -2.50. The highest BCUT2D eigenvalue weighted by molar-refractivity contribution is 5.97. The maximum absolute atomic E-state index is 11.3. The topological polar surface area (TPSA) is 71.2 Å². The first-order valence-electron chi connectivity index (χ1n) is 5.41. The van der Waals surface area contributed by atoms with Crippen LogP contribution in [0.25, 0.3) is 0 Å². The summed E-state index contributed by atoms with van der Waals surface area (Å²) in [5.41, 5.74) is 5.83. The summed E-state index contributed by atoms with van der Waals surface area (Å²) in [6.45, 7) is 4.70. The van der Waals surface area contributed by atoms with Gasteiger partial charge in [0.25, 0.3) is 5.91 Å². The number of nitrogens with one attached hydrogen (secondary N) is 1. The van der Waals surface area contributed by atoms with E-state index in [0.717, 1.165) is 19.6 Å². The number of amides is 1. The average Bonchev–Trinajstić information content (AvgIpc) is 2.29. The van der Waals surface area contributed by atoms with E-state index in [4.69, 9.17) is 5.73 Å². The molecule has 5 heteroatoms. The molecule has 1 aromatic rings. The van der Waals surface area contributed by atoms with Gasteiger partial charge in [-0.1, -0.05) is 0 Å². The normalized spacial score (nSPS) is 20.8. The van der Waals surface area contributed by atoms with Crippen LogP contribution in [-0.4, -0.2) is 36.6 Å². The summed E-state index contributed by atoms with van der Waals surface area (Å²) in [6, 6.07) is 3.85. The molecule has 1 aliphatic rings. The standard InChI is InChI=1S/C11H16N4O/c1-8-7-15(6-5-13-8)11-9(10(12)16)3-2-4-14-11/h2-4,8,13H,5-7H2,1H3,(H2,12,16). The van der Waals surface area contributed by atoms with Crippen LogP contribution in [0.4, 0.5) is 5.82 Å². The molecule has 1 unspecified atom stereocenters. The predicted molar refractivity (Wildman–Crippen MR) is 62.4 cm³/mol. The summed E-state index contributed by atoms with van der Waals surface area (Å²) in [5, 5.41) is 3.34. The fourth-order valence-corrected chi connectivity index (χ4v) is 1.97. The first-order chi connectivity index (χ1) is 7.68. The number of pyridine rings is 1. The van der Waals surface area contributed by atoms with Crippen molar-refractivity contribution in [3.63, 3.8) is 0 Å². The highest BCUT2D eigenvalue weighted by atomic mass is 16.1. The van der Waals surface area contributed by atoms with Crippen LogP contribution >= 0.6 is 0 Å². The van der Waals surface area contributed by atoms with Crippen LogP contribution in [0.2, 0.25) is 0 Å². The summed E-state index contributed by atoms with van der Waals surface area (Å²) < 4.78 is 0. The Balaban J connectivity index is 2.28. The minimum absolute atomic E-state index is 0.400. The summed E-state index contributed by atoms with van der Waals surface area (Å²) >= 11 is 0. The van der Waals surface area contributed by atoms with Crippen molar-refractivity contribution in [2.45, 2.75) is 13.0 Å². The van der Waals surface area contributed by atoms with E-state index < -0.39 is 5.91 Å². The molecule has 3 N–H and O–H groups in total. The maximum Gasteiger partial charge on any atom is 0.252 e. The molecule has 0 radical (unpaired) electrons. The zero-order valence-corrected chi connectivity index (χ0v) is 9.31. The van der Waals surface area contributed by atoms with Crippen molar-refractivity contribution < 1.29 is 4.79 Å². The molecule has 16 heavy (non-hydrogen) atoms. The minimum atomic E-state index is -0.422. The van der Waals surface area contributed by atoms with E-state index in [1.54, 1.807) is 18.3 Å². The number of nitrogens with two attached hydrogens (primary N) is 1. The van der Waals surface area contributed by atoms with Crippen LogP contribution in [-0.2, 0) is 0 Å². The van der Waals surface area contributed by atoms with E-state index in [0.29, 0.717) is 17.4 Å². The minimum Gasteiger partial charge on any atom is -0.365 e. The third-order valence-corrected chi connectivity index (χ3v) is 2.72. The third kappa shape index (κ3) is 2.14. The van der Waals surface area contributed by atoms with E-state index >= 15 is 0 Å². The monoisotopic (exact) mass is 220 g/mol. The zero-order chi connectivity index (χ0) is 11.5. The number of rotatable bonds is 2. The Bertz CT molecular complexity index is 393. The van der Waals surface area contributed by atoms with Crippen molar-refractivity contribution in [1.82, 2.24) is 10.3 Å². The molecule has 2 rings (SSSR count). The lowest BCUT2D eigenvalue weighted by Gasteiger charge is -2.33. The van der Waals surface area contributed by atoms with Crippen molar-refractivity contribution >= 4 is 11.7 Å². The molecule has 1 fully saturated rings. The number of anilines is 1. The number of carbonyl (C=O) groups is 1. The number of piperazine rings is 1. The van der Waals surface area contributed by atoms with Gasteiger partial charge in [-0.25, -0.2) is 4.98 Å². The van der Waals surface area contributed by atoms with E-state index in [1.165, 1.54) is 0 Å². The number of hydrogen-bond acceptors (Lipinski definition) is 4. The lowest BCUT2D eigenvalue weighted by molar-refractivity contribution is 0.100. The summed E-state index contributed by atoms with van der Waals surface area (Å²) in [6.07, 6.45) is 1.69. The summed E-state index contributed by atoms with van der Waals surface area (Å²) in [7, 11) is 0. The SMILES string of the molecule is CC1CN(c2ncccc2C(N)=O)CCN1.